The van der Waals surface area contributed by atoms with Crippen LogP contribution >= 0.6 is 11.6 Å². The predicted octanol–water partition coefficient (Wildman–Crippen LogP) is 6.12. The number of likely N-dealkylation sites (tertiary alicyclic amines) is 1. The number of allylic oxidation sites excluding steroid dienone is 3. The van der Waals surface area contributed by atoms with Crippen LogP contribution in [0.3, 0.4) is 0 Å². The summed E-state index contributed by atoms with van der Waals surface area (Å²) in [5.74, 6) is -0.426. The van der Waals surface area contributed by atoms with Gasteiger partial charge in [0.1, 0.15) is 0 Å². The number of esters is 1. The molecule has 0 bridgehead atoms. The molecule has 2 heterocycles. The second-order valence-electron chi connectivity index (χ2n) is 9.23. The number of carbonyl (C=O) groups excluding carboxylic acids is 2. The van der Waals surface area contributed by atoms with E-state index in [1.165, 1.54) is 0 Å². The summed E-state index contributed by atoms with van der Waals surface area (Å²) in [6.45, 7) is 6.90. The van der Waals surface area contributed by atoms with E-state index in [4.69, 9.17) is 21.2 Å². The Morgan fingerprint density at radius 3 is 2.74 bits per heavy atom. The third-order valence-corrected chi connectivity index (χ3v) is 7.11. The van der Waals surface area contributed by atoms with Crippen LogP contribution in [0.2, 0.25) is 5.02 Å². The van der Waals surface area contributed by atoms with Crippen molar-refractivity contribution in [2.45, 2.75) is 78.2 Å². The Kier molecular flexibility index (Phi) is 10.4. The fourth-order valence-corrected chi connectivity index (χ4v) is 4.96. The highest BCUT2D eigenvalue weighted by Crippen LogP contribution is 2.29. The van der Waals surface area contributed by atoms with E-state index in [1.54, 1.807) is 0 Å². The summed E-state index contributed by atoms with van der Waals surface area (Å²) in [4.78, 5) is 33.2. The number of piperidine rings is 1. The van der Waals surface area contributed by atoms with Gasteiger partial charge in [-0.15, -0.1) is 0 Å². The van der Waals surface area contributed by atoms with E-state index >= 15 is 0 Å². The molecule has 3 rings (SSSR count). The maximum atomic E-state index is 13.0. The van der Waals surface area contributed by atoms with Gasteiger partial charge in [0, 0.05) is 24.0 Å². The fraction of sp³-hybridized carbons (Fsp3) is 0.536. The number of benzene rings is 1. The third-order valence-electron chi connectivity index (χ3n) is 6.59. The van der Waals surface area contributed by atoms with E-state index in [0.717, 1.165) is 56.2 Å². The largest absolute Gasteiger partial charge is 0.462 e. The molecule has 0 saturated carbocycles. The highest BCUT2D eigenvalue weighted by atomic mass is 35.5. The van der Waals surface area contributed by atoms with Crippen LogP contribution in [0.25, 0.3) is 0 Å². The number of fused-ring (bicyclic) bond motifs is 1. The normalized spacial score (nSPS) is 22.6. The summed E-state index contributed by atoms with van der Waals surface area (Å²) >= 11 is 6.68. The number of nitrogens with zero attached hydrogens (tertiary/aromatic N) is 2. The second-order valence-corrected chi connectivity index (χ2v) is 9.61. The van der Waals surface area contributed by atoms with Gasteiger partial charge >= 0.3 is 5.97 Å². The zero-order valence-electron chi connectivity index (χ0n) is 21.1. The molecule has 1 aromatic rings. The number of hydrogen-bond acceptors (Lipinski definition) is 5. The molecule has 0 aliphatic carbocycles. The molecule has 2 aliphatic rings. The number of oxime groups is 1. The van der Waals surface area contributed by atoms with Crippen molar-refractivity contribution in [3.8, 4) is 0 Å². The van der Waals surface area contributed by atoms with Crippen molar-refractivity contribution in [1.82, 2.24) is 4.90 Å². The first kappa shape index (κ1) is 27.0. The minimum absolute atomic E-state index is 0.0374. The molecule has 1 saturated heterocycles. The summed E-state index contributed by atoms with van der Waals surface area (Å²) in [5, 5.41) is 4.84. The van der Waals surface area contributed by atoms with Crippen LogP contribution in [0, 0.1) is 13.8 Å². The lowest BCUT2D eigenvalue weighted by molar-refractivity contribution is -0.139. The van der Waals surface area contributed by atoms with Gasteiger partial charge in [0.2, 0.25) is 0 Å². The number of aryl methyl sites for hydroxylation is 2. The van der Waals surface area contributed by atoms with Gasteiger partial charge in [-0.1, -0.05) is 48.0 Å². The molecule has 1 unspecified atom stereocenters. The van der Waals surface area contributed by atoms with E-state index < -0.39 is 0 Å². The lowest BCUT2D eigenvalue weighted by atomic mass is 9.94. The zero-order chi connectivity index (χ0) is 25.2. The van der Waals surface area contributed by atoms with E-state index in [2.05, 4.69) is 18.2 Å². The Morgan fingerprint density at radius 2 is 1.94 bits per heavy atom. The van der Waals surface area contributed by atoms with Gasteiger partial charge in [0.25, 0.3) is 5.91 Å². The van der Waals surface area contributed by atoms with E-state index in [1.807, 2.05) is 43.0 Å². The monoisotopic (exact) mass is 500 g/mol. The lowest BCUT2D eigenvalue weighted by Gasteiger charge is -2.34. The van der Waals surface area contributed by atoms with Crippen LogP contribution < -0.4 is 0 Å². The first-order valence-electron chi connectivity index (χ1n) is 12.7. The highest BCUT2D eigenvalue weighted by Gasteiger charge is 2.26. The Balaban J connectivity index is 1.85. The molecule has 1 atom stereocenters. The van der Waals surface area contributed by atoms with Gasteiger partial charge in [-0.25, -0.2) is 4.79 Å². The average molecular weight is 501 g/mol. The van der Waals surface area contributed by atoms with Crippen LogP contribution in [0.15, 0.2) is 35.5 Å². The molecule has 1 amide bonds. The van der Waals surface area contributed by atoms with Gasteiger partial charge < -0.3 is 14.5 Å². The first-order valence-corrected chi connectivity index (χ1v) is 13.1. The minimum Gasteiger partial charge on any atom is -0.462 e. The van der Waals surface area contributed by atoms with Gasteiger partial charge in [0.15, 0.2) is 6.61 Å². The fourth-order valence-electron chi connectivity index (χ4n) is 4.75. The van der Waals surface area contributed by atoms with Crippen molar-refractivity contribution < 1.29 is 19.2 Å². The number of cyclic esters (lactones) is 1. The molecule has 1 fully saturated rings. The van der Waals surface area contributed by atoms with Crippen molar-refractivity contribution in [3.05, 3.63) is 57.6 Å². The zero-order valence-corrected chi connectivity index (χ0v) is 21.9. The van der Waals surface area contributed by atoms with Crippen LogP contribution in [0.4, 0.5) is 0 Å². The third kappa shape index (κ3) is 7.44. The van der Waals surface area contributed by atoms with Crippen LogP contribution in [0.5, 0.6) is 0 Å². The second kappa shape index (κ2) is 13.5. The quantitative estimate of drug-likeness (QED) is 0.284. The minimum atomic E-state index is -0.389. The van der Waals surface area contributed by atoms with Gasteiger partial charge in [0.05, 0.1) is 17.9 Å². The smallest absolute Gasteiger partial charge is 0.338 e. The molecule has 6 nitrogen and oxygen atoms in total. The number of carbonyl (C=O) groups is 2. The Bertz CT molecular complexity index is 999. The van der Waals surface area contributed by atoms with E-state index in [0.29, 0.717) is 41.3 Å². The first-order chi connectivity index (χ1) is 16.9. The van der Waals surface area contributed by atoms with Crippen molar-refractivity contribution in [2.24, 2.45) is 5.16 Å². The topological polar surface area (TPSA) is 68.2 Å². The summed E-state index contributed by atoms with van der Waals surface area (Å²) in [7, 11) is 0. The number of halogens is 1. The molecule has 35 heavy (non-hydrogen) atoms. The number of hydrogen-bond donors (Lipinski definition) is 0. The maximum absolute atomic E-state index is 13.0. The van der Waals surface area contributed by atoms with E-state index in [9.17, 15) is 9.59 Å². The maximum Gasteiger partial charge on any atom is 0.338 e. The molecular formula is C28H37ClN2O4. The molecule has 7 heteroatoms. The summed E-state index contributed by atoms with van der Waals surface area (Å²) in [5.41, 5.74) is 3.44. The molecule has 0 radical (unpaired) electrons. The molecule has 190 valence electrons. The molecule has 2 aliphatic heterocycles. The van der Waals surface area contributed by atoms with E-state index in [-0.39, 0.29) is 24.5 Å². The number of rotatable bonds is 4. The Morgan fingerprint density at radius 1 is 1.17 bits per heavy atom. The SMILES string of the molecule is CCC1CCCCN1C(=O)CO/N=C1\C=C\CC/C=C/CCOC(=O)c2c(C)cc(C)c(Cl)c2C1. The van der Waals surface area contributed by atoms with Crippen molar-refractivity contribution in [2.75, 3.05) is 19.8 Å². The number of ether oxygens (including phenoxy) is 1. The number of amides is 1. The van der Waals surface area contributed by atoms with Crippen LogP contribution in [-0.2, 0) is 20.8 Å². The molecule has 0 N–H and O–H groups in total. The molecule has 0 aromatic heterocycles. The van der Waals surface area contributed by atoms with Crippen molar-refractivity contribution in [1.29, 1.82) is 0 Å². The lowest BCUT2D eigenvalue weighted by Crippen LogP contribution is -2.44. The summed E-state index contributed by atoms with van der Waals surface area (Å²) in [6.07, 6.45) is 14.9. The standard InChI is InChI=1S/C28H37ClN2O4/c1-4-23-14-10-11-15-31(23)25(32)19-35-30-22-13-9-7-5-6-8-12-16-34-28(33)26-20(2)17-21(3)27(29)24(26)18-22/h6,8-9,13,17,23H,4-5,7,10-12,14-16,18-19H2,1-3H3/b8-6+,13-9+,30-22+. The van der Waals surface area contributed by atoms with Gasteiger partial charge in [-0.3, -0.25) is 4.79 Å². The Labute approximate surface area is 214 Å². The molecular weight excluding hydrogens is 464 g/mol. The summed E-state index contributed by atoms with van der Waals surface area (Å²) < 4.78 is 5.54. The summed E-state index contributed by atoms with van der Waals surface area (Å²) in [6, 6.07) is 2.17. The van der Waals surface area contributed by atoms with Gasteiger partial charge in [-0.2, -0.15) is 0 Å². The molecule has 0 spiro atoms. The average Bonchev–Trinajstić information content (AvgIpc) is 2.85. The van der Waals surface area contributed by atoms with Crippen LogP contribution in [0.1, 0.15) is 78.9 Å². The molecule has 1 aromatic carbocycles. The van der Waals surface area contributed by atoms with Gasteiger partial charge in [-0.05, 0) is 81.6 Å². The van der Waals surface area contributed by atoms with Crippen molar-refractivity contribution in [3.63, 3.8) is 0 Å². The highest BCUT2D eigenvalue weighted by molar-refractivity contribution is 6.33. The van der Waals surface area contributed by atoms with Crippen molar-refractivity contribution >= 4 is 29.2 Å². The van der Waals surface area contributed by atoms with Crippen LogP contribution in [-0.4, -0.2) is 48.3 Å². The Hall–Kier alpha value is -2.60. The predicted molar refractivity (Wildman–Crippen MR) is 140 cm³/mol.